The molecule has 5 N–H and O–H groups in total. The van der Waals surface area contributed by atoms with Crippen LogP contribution < -0.4 is 16.4 Å². The number of aliphatic hydroxyl groups excluding tert-OH is 1. The summed E-state index contributed by atoms with van der Waals surface area (Å²) in [6.07, 6.45) is 0. The molecule has 1 amide bonds. The van der Waals surface area contributed by atoms with Crippen molar-refractivity contribution in [3.05, 3.63) is 51.9 Å². The highest BCUT2D eigenvalue weighted by Crippen LogP contribution is 2.37. The summed E-state index contributed by atoms with van der Waals surface area (Å²) in [5, 5.41) is 16.0. The molecule has 0 aliphatic heterocycles. The maximum Gasteiger partial charge on any atom is 0.261 e. The van der Waals surface area contributed by atoms with Crippen molar-refractivity contribution in [2.24, 2.45) is 5.73 Å². The lowest BCUT2D eigenvalue weighted by Crippen LogP contribution is -2.10. The highest BCUT2D eigenvalue weighted by atomic mass is 35.5. The van der Waals surface area contributed by atoms with Crippen LogP contribution >= 0.6 is 22.9 Å². The van der Waals surface area contributed by atoms with Gasteiger partial charge in [0.2, 0.25) is 0 Å². The molecule has 7 nitrogen and oxygen atoms in total. The molecule has 9 heteroatoms. The van der Waals surface area contributed by atoms with Gasteiger partial charge in [-0.3, -0.25) is 4.79 Å². The van der Waals surface area contributed by atoms with E-state index in [1.807, 2.05) is 25.1 Å². The minimum Gasteiger partial charge on any atom is -0.395 e. The number of aliphatic hydroxyl groups is 1. The number of hydrogen-bond acceptors (Lipinski definition) is 7. The first kappa shape index (κ1) is 19.1. The summed E-state index contributed by atoms with van der Waals surface area (Å²) in [7, 11) is 0. The predicted octanol–water partition coefficient (Wildman–Crippen LogP) is 3.41. The number of pyridine rings is 1. The number of aromatic nitrogens is 2. The van der Waals surface area contributed by atoms with Crippen LogP contribution in [0.25, 0.3) is 11.3 Å². The van der Waals surface area contributed by atoms with Crippen LogP contribution in [0.1, 0.15) is 15.2 Å². The standard InChI is InChI=1S/C18H18ClN5O2S/c1-10-4-2-5-11(19)14(10)15-16(17(20)26)27-18(24-15)23-13-7-3-6-12(22-13)21-8-9-25/h2-7,25H,8-9H2,1H3,(H2,20,26)(H2,21,22,23,24). The third-order valence-corrected chi connectivity index (χ3v) is 5.01. The van der Waals surface area contributed by atoms with Crippen LogP contribution in [0.4, 0.5) is 16.8 Å². The van der Waals surface area contributed by atoms with Crippen molar-refractivity contribution in [3.8, 4) is 11.3 Å². The number of primary amides is 1. The van der Waals surface area contributed by atoms with Gasteiger partial charge in [0, 0.05) is 12.1 Å². The number of benzene rings is 1. The van der Waals surface area contributed by atoms with Gasteiger partial charge in [0.1, 0.15) is 16.5 Å². The molecule has 3 rings (SSSR count). The van der Waals surface area contributed by atoms with Crippen LogP contribution in [0, 0.1) is 6.92 Å². The molecule has 1 aromatic carbocycles. The molecular formula is C18H18ClN5O2S. The predicted molar refractivity (Wildman–Crippen MR) is 109 cm³/mol. The first-order valence-corrected chi connectivity index (χ1v) is 9.34. The number of anilines is 3. The van der Waals surface area contributed by atoms with Gasteiger partial charge in [0.15, 0.2) is 5.13 Å². The number of amides is 1. The fourth-order valence-electron chi connectivity index (χ4n) is 2.54. The number of nitrogens with zero attached hydrogens (tertiary/aromatic N) is 2. The van der Waals surface area contributed by atoms with Crippen molar-refractivity contribution in [2.45, 2.75) is 6.92 Å². The molecule has 0 aliphatic carbocycles. The SMILES string of the molecule is Cc1cccc(Cl)c1-c1nc(Nc2cccc(NCCO)n2)sc1C(N)=O. The summed E-state index contributed by atoms with van der Waals surface area (Å²) < 4.78 is 0. The third-order valence-electron chi connectivity index (χ3n) is 3.71. The summed E-state index contributed by atoms with van der Waals surface area (Å²) in [5.74, 6) is 0.592. The lowest BCUT2D eigenvalue weighted by Gasteiger charge is -2.07. The Balaban J connectivity index is 1.96. The molecule has 0 atom stereocenters. The summed E-state index contributed by atoms with van der Waals surface area (Å²) in [4.78, 5) is 21.2. The van der Waals surface area contributed by atoms with E-state index in [2.05, 4.69) is 20.6 Å². The quantitative estimate of drug-likeness (QED) is 0.480. The van der Waals surface area contributed by atoms with Crippen LogP contribution in [0.5, 0.6) is 0 Å². The zero-order valence-corrected chi connectivity index (χ0v) is 16.1. The molecular weight excluding hydrogens is 386 g/mol. The number of rotatable bonds is 7. The van der Waals surface area contributed by atoms with E-state index in [-0.39, 0.29) is 6.61 Å². The molecule has 0 bridgehead atoms. The first-order valence-electron chi connectivity index (χ1n) is 8.14. The van der Waals surface area contributed by atoms with E-state index < -0.39 is 5.91 Å². The second-order valence-electron chi connectivity index (χ2n) is 5.68. The van der Waals surface area contributed by atoms with Crippen LogP contribution in [-0.4, -0.2) is 34.1 Å². The summed E-state index contributed by atoms with van der Waals surface area (Å²) >= 11 is 7.47. The van der Waals surface area contributed by atoms with Gasteiger partial charge in [-0.25, -0.2) is 9.97 Å². The van der Waals surface area contributed by atoms with Crippen LogP contribution in [0.15, 0.2) is 36.4 Å². The first-order chi connectivity index (χ1) is 13.0. The molecule has 2 heterocycles. The molecule has 0 spiro atoms. The van der Waals surface area contributed by atoms with Gasteiger partial charge in [-0.05, 0) is 30.7 Å². The van der Waals surface area contributed by atoms with Crippen LogP contribution in [0.3, 0.4) is 0 Å². The van der Waals surface area contributed by atoms with Gasteiger partial charge in [-0.2, -0.15) is 0 Å². The van der Waals surface area contributed by atoms with Gasteiger partial charge >= 0.3 is 0 Å². The number of nitrogens with two attached hydrogens (primary N) is 1. The topological polar surface area (TPSA) is 113 Å². The van der Waals surface area contributed by atoms with E-state index in [0.717, 1.165) is 16.9 Å². The summed E-state index contributed by atoms with van der Waals surface area (Å²) in [5.41, 5.74) is 7.58. The summed E-state index contributed by atoms with van der Waals surface area (Å²) in [6, 6.07) is 10.9. The van der Waals surface area contributed by atoms with E-state index in [9.17, 15) is 4.79 Å². The van der Waals surface area contributed by atoms with Crippen molar-refractivity contribution >= 4 is 45.6 Å². The van der Waals surface area contributed by atoms with Crippen molar-refractivity contribution in [1.82, 2.24) is 9.97 Å². The fraction of sp³-hybridized carbons (Fsp3) is 0.167. The zero-order chi connectivity index (χ0) is 19.4. The monoisotopic (exact) mass is 403 g/mol. The molecule has 0 saturated heterocycles. The Kier molecular flexibility index (Phi) is 5.90. The minimum atomic E-state index is -0.568. The number of hydrogen-bond donors (Lipinski definition) is 4. The van der Waals surface area contributed by atoms with E-state index in [1.54, 1.807) is 18.2 Å². The Labute approximate surface area is 165 Å². The van der Waals surface area contributed by atoms with Crippen LogP contribution in [0.2, 0.25) is 5.02 Å². The molecule has 0 fully saturated rings. The minimum absolute atomic E-state index is 0.00827. The lowest BCUT2D eigenvalue weighted by molar-refractivity contribution is 0.100. The molecule has 2 aromatic heterocycles. The van der Waals surface area contributed by atoms with Crippen molar-refractivity contribution < 1.29 is 9.90 Å². The average Bonchev–Trinajstić information content (AvgIpc) is 3.04. The molecule has 0 unspecified atom stereocenters. The normalized spacial score (nSPS) is 10.6. The van der Waals surface area contributed by atoms with Crippen molar-refractivity contribution in [1.29, 1.82) is 0 Å². The number of nitrogens with one attached hydrogen (secondary N) is 2. The van der Waals surface area contributed by atoms with Gasteiger partial charge in [-0.15, -0.1) is 0 Å². The number of carbonyl (C=O) groups excluding carboxylic acids is 1. The number of halogens is 1. The number of carbonyl (C=O) groups is 1. The molecule has 0 saturated carbocycles. The molecule has 140 valence electrons. The van der Waals surface area contributed by atoms with Crippen molar-refractivity contribution in [3.63, 3.8) is 0 Å². The highest BCUT2D eigenvalue weighted by Gasteiger charge is 2.21. The van der Waals surface area contributed by atoms with E-state index in [0.29, 0.717) is 44.5 Å². The van der Waals surface area contributed by atoms with E-state index >= 15 is 0 Å². The number of aryl methyl sites for hydroxylation is 1. The fourth-order valence-corrected chi connectivity index (χ4v) is 3.68. The largest absolute Gasteiger partial charge is 0.395 e. The van der Waals surface area contributed by atoms with Gasteiger partial charge < -0.3 is 21.5 Å². The molecule has 27 heavy (non-hydrogen) atoms. The smallest absolute Gasteiger partial charge is 0.261 e. The zero-order valence-electron chi connectivity index (χ0n) is 14.5. The molecule has 0 radical (unpaired) electrons. The van der Waals surface area contributed by atoms with Crippen molar-refractivity contribution in [2.75, 3.05) is 23.8 Å². The average molecular weight is 404 g/mol. The molecule has 0 aliphatic rings. The third kappa shape index (κ3) is 4.36. The van der Waals surface area contributed by atoms with E-state index in [1.165, 1.54) is 0 Å². The highest BCUT2D eigenvalue weighted by molar-refractivity contribution is 7.18. The molecule has 3 aromatic rings. The Hall–Kier alpha value is -2.68. The van der Waals surface area contributed by atoms with Gasteiger partial charge in [0.25, 0.3) is 5.91 Å². The maximum atomic E-state index is 11.9. The Morgan fingerprint density at radius 2 is 1.96 bits per heavy atom. The van der Waals surface area contributed by atoms with Gasteiger partial charge in [0.05, 0.1) is 17.3 Å². The lowest BCUT2D eigenvalue weighted by atomic mass is 10.0. The Morgan fingerprint density at radius 1 is 1.22 bits per heavy atom. The maximum absolute atomic E-state index is 11.9. The Morgan fingerprint density at radius 3 is 2.67 bits per heavy atom. The van der Waals surface area contributed by atoms with E-state index in [4.69, 9.17) is 22.4 Å². The second-order valence-corrected chi connectivity index (χ2v) is 7.08. The second kappa shape index (κ2) is 8.34. The van der Waals surface area contributed by atoms with Crippen LogP contribution in [-0.2, 0) is 0 Å². The summed E-state index contributed by atoms with van der Waals surface area (Å²) in [6.45, 7) is 2.31. The Bertz CT molecular complexity index is 956. The van der Waals surface area contributed by atoms with Gasteiger partial charge in [-0.1, -0.05) is 41.1 Å². The number of thiazole rings is 1.